The molecule has 0 bridgehead atoms. The summed E-state index contributed by atoms with van der Waals surface area (Å²) in [6.07, 6.45) is 0. The lowest BCUT2D eigenvalue weighted by atomic mass is 10.1. The standard InChI is InChI=1S/C18H18ClN5O2/c1-10-12-5-3-4-6-13(12)20-14(17(10)19)7-23-9-16-22-21-11(2)24(16)8-15(23)18(25)26/h3-6,15H,7-9H2,1-2H3,(H,25,26). The van der Waals surface area contributed by atoms with Gasteiger partial charge < -0.3 is 9.67 Å². The number of benzene rings is 1. The summed E-state index contributed by atoms with van der Waals surface area (Å²) in [5, 5.41) is 19.5. The van der Waals surface area contributed by atoms with Crippen LogP contribution >= 0.6 is 11.6 Å². The van der Waals surface area contributed by atoms with Gasteiger partial charge in [0.2, 0.25) is 0 Å². The van der Waals surface area contributed by atoms with Crippen LogP contribution in [0.5, 0.6) is 0 Å². The maximum Gasteiger partial charge on any atom is 0.322 e. The van der Waals surface area contributed by atoms with Crippen LogP contribution in [-0.2, 0) is 24.4 Å². The van der Waals surface area contributed by atoms with Gasteiger partial charge in [-0.3, -0.25) is 9.69 Å². The minimum atomic E-state index is -0.877. The average Bonchev–Trinajstić information content (AvgIpc) is 2.99. The maximum absolute atomic E-state index is 11.8. The van der Waals surface area contributed by atoms with Gasteiger partial charge >= 0.3 is 5.97 Å². The molecule has 2 aromatic heterocycles. The van der Waals surface area contributed by atoms with E-state index in [1.807, 2.05) is 47.6 Å². The number of hydrogen-bond donors (Lipinski definition) is 1. The van der Waals surface area contributed by atoms with Crippen LogP contribution in [-0.4, -0.2) is 41.8 Å². The first-order chi connectivity index (χ1) is 12.5. The van der Waals surface area contributed by atoms with Gasteiger partial charge in [0.05, 0.1) is 29.3 Å². The molecule has 0 aliphatic carbocycles. The highest BCUT2D eigenvalue weighted by Crippen LogP contribution is 2.29. The van der Waals surface area contributed by atoms with Crippen molar-refractivity contribution in [1.29, 1.82) is 0 Å². The zero-order valence-corrected chi connectivity index (χ0v) is 15.2. The van der Waals surface area contributed by atoms with Crippen LogP contribution < -0.4 is 0 Å². The van der Waals surface area contributed by atoms with Crippen molar-refractivity contribution in [3.63, 3.8) is 0 Å². The molecule has 0 amide bonds. The van der Waals surface area contributed by atoms with Crippen molar-refractivity contribution in [2.45, 2.75) is 39.5 Å². The fourth-order valence-electron chi connectivity index (χ4n) is 3.47. The predicted molar refractivity (Wildman–Crippen MR) is 96.9 cm³/mol. The number of pyridine rings is 1. The topological polar surface area (TPSA) is 84.1 Å². The van der Waals surface area contributed by atoms with Crippen LogP contribution in [0.2, 0.25) is 5.02 Å². The molecule has 1 aromatic carbocycles. The van der Waals surface area contributed by atoms with Crippen LogP contribution in [0.4, 0.5) is 0 Å². The smallest absolute Gasteiger partial charge is 0.322 e. The summed E-state index contributed by atoms with van der Waals surface area (Å²) < 4.78 is 1.86. The number of aromatic nitrogens is 4. The van der Waals surface area contributed by atoms with E-state index in [-0.39, 0.29) is 0 Å². The molecule has 8 heteroatoms. The highest BCUT2D eigenvalue weighted by molar-refractivity contribution is 6.32. The van der Waals surface area contributed by atoms with Gasteiger partial charge in [-0.25, -0.2) is 4.98 Å². The van der Waals surface area contributed by atoms with Crippen molar-refractivity contribution in [3.05, 3.63) is 52.2 Å². The molecule has 1 aliphatic rings. The van der Waals surface area contributed by atoms with Crippen LogP contribution in [0.3, 0.4) is 0 Å². The molecule has 7 nitrogen and oxygen atoms in total. The zero-order chi connectivity index (χ0) is 18.4. The fraction of sp³-hybridized carbons (Fsp3) is 0.333. The molecular weight excluding hydrogens is 354 g/mol. The van der Waals surface area contributed by atoms with Crippen molar-refractivity contribution in [3.8, 4) is 0 Å². The normalized spacial score (nSPS) is 17.4. The first-order valence-corrected chi connectivity index (χ1v) is 8.72. The molecule has 0 saturated carbocycles. The molecule has 26 heavy (non-hydrogen) atoms. The monoisotopic (exact) mass is 371 g/mol. The van der Waals surface area contributed by atoms with E-state index < -0.39 is 12.0 Å². The van der Waals surface area contributed by atoms with E-state index in [4.69, 9.17) is 11.6 Å². The third-order valence-corrected chi connectivity index (χ3v) is 5.44. The minimum Gasteiger partial charge on any atom is -0.480 e. The number of fused-ring (bicyclic) bond motifs is 2. The second-order valence-corrected chi connectivity index (χ2v) is 6.93. The number of rotatable bonds is 3. The predicted octanol–water partition coefficient (Wildman–Crippen LogP) is 2.57. The summed E-state index contributed by atoms with van der Waals surface area (Å²) in [5.41, 5.74) is 2.49. The van der Waals surface area contributed by atoms with Crippen molar-refractivity contribution in [1.82, 2.24) is 24.6 Å². The molecule has 1 unspecified atom stereocenters. The number of aliphatic carboxylic acids is 1. The number of carboxylic acids is 1. The number of hydrogen-bond acceptors (Lipinski definition) is 5. The molecule has 1 N–H and O–H groups in total. The summed E-state index contributed by atoms with van der Waals surface area (Å²) in [4.78, 5) is 18.3. The van der Waals surface area contributed by atoms with Gasteiger partial charge in [-0.05, 0) is 25.5 Å². The van der Waals surface area contributed by atoms with Gasteiger partial charge in [0.15, 0.2) is 0 Å². The van der Waals surface area contributed by atoms with Gasteiger partial charge in [0.1, 0.15) is 17.7 Å². The van der Waals surface area contributed by atoms with Gasteiger partial charge in [0.25, 0.3) is 0 Å². The van der Waals surface area contributed by atoms with Crippen molar-refractivity contribution in [2.75, 3.05) is 0 Å². The van der Waals surface area contributed by atoms with Gasteiger partial charge in [-0.15, -0.1) is 10.2 Å². The average molecular weight is 372 g/mol. The largest absolute Gasteiger partial charge is 0.480 e. The Morgan fingerprint density at radius 2 is 2.08 bits per heavy atom. The molecule has 1 atom stereocenters. The molecule has 1 aliphatic heterocycles. The lowest BCUT2D eigenvalue weighted by Crippen LogP contribution is -2.47. The maximum atomic E-state index is 11.8. The molecule has 134 valence electrons. The molecule has 0 saturated heterocycles. The van der Waals surface area contributed by atoms with E-state index in [9.17, 15) is 9.90 Å². The SMILES string of the molecule is Cc1c(Cl)c(CN2Cc3nnc(C)n3CC2C(=O)O)nc2ccccc12. The molecule has 3 aromatic rings. The van der Waals surface area contributed by atoms with E-state index in [1.54, 1.807) is 0 Å². The minimum absolute atomic E-state index is 0.313. The Labute approximate surface area is 155 Å². The fourth-order valence-corrected chi connectivity index (χ4v) is 3.68. The lowest BCUT2D eigenvalue weighted by Gasteiger charge is -2.33. The highest BCUT2D eigenvalue weighted by atomic mass is 35.5. The summed E-state index contributed by atoms with van der Waals surface area (Å²) in [7, 11) is 0. The van der Waals surface area contributed by atoms with E-state index in [2.05, 4.69) is 15.2 Å². The second kappa shape index (κ2) is 6.34. The third kappa shape index (κ3) is 2.73. The van der Waals surface area contributed by atoms with Crippen molar-refractivity contribution >= 4 is 28.5 Å². The first-order valence-electron chi connectivity index (χ1n) is 8.35. The Morgan fingerprint density at radius 3 is 2.85 bits per heavy atom. The van der Waals surface area contributed by atoms with E-state index in [1.165, 1.54) is 0 Å². The zero-order valence-electron chi connectivity index (χ0n) is 14.5. The molecular formula is C18H18ClN5O2. The number of nitrogens with zero attached hydrogens (tertiary/aromatic N) is 5. The van der Waals surface area contributed by atoms with Crippen LogP contribution in [0.1, 0.15) is 22.9 Å². The van der Waals surface area contributed by atoms with E-state index >= 15 is 0 Å². The van der Waals surface area contributed by atoms with Crippen molar-refractivity contribution in [2.24, 2.45) is 0 Å². The summed E-state index contributed by atoms with van der Waals surface area (Å²) in [6.45, 7) is 4.83. The third-order valence-electron chi connectivity index (χ3n) is 4.94. The summed E-state index contributed by atoms with van der Waals surface area (Å²) >= 11 is 6.55. The van der Waals surface area contributed by atoms with Gasteiger partial charge in [-0.2, -0.15) is 0 Å². The molecule has 0 radical (unpaired) electrons. The molecule has 0 spiro atoms. The second-order valence-electron chi connectivity index (χ2n) is 6.55. The number of carbonyl (C=O) groups is 1. The number of aryl methyl sites for hydroxylation is 2. The van der Waals surface area contributed by atoms with Crippen LogP contribution in [0.15, 0.2) is 24.3 Å². The van der Waals surface area contributed by atoms with Gasteiger partial charge in [0, 0.05) is 11.9 Å². The van der Waals surface area contributed by atoms with Crippen LogP contribution in [0.25, 0.3) is 10.9 Å². The Balaban J connectivity index is 1.73. The number of halogens is 1. The Morgan fingerprint density at radius 1 is 1.31 bits per heavy atom. The lowest BCUT2D eigenvalue weighted by molar-refractivity contribution is -0.145. The molecule has 3 heterocycles. The van der Waals surface area contributed by atoms with E-state index in [0.29, 0.717) is 30.4 Å². The molecule has 0 fully saturated rings. The Hall–Kier alpha value is -2.51. The van der Waals surface area contributed by atoms with Crippen molar-refractivity contribution < 1.29 is 9.90 Å². The number of para-hydroxylation sites is 1. The van der Waals surface area contributed by atoms with E-state index in [0.717, 1.165) is 28.1 Å². The quantitative estimate of drug-likeness (QED) is 0.761. The van der Waals surface area contributed by atoms with Crippen LogP contribution in [0, 0.1) is 13.8 Å². The Kier molecular flexibility index (Phi) is 4.13. The number of carboxylic acid groups (broad SMARTS) is 1. The highest BCUT2D eigenvalue weighted by Gasteiger charge is 2.34. The Bertz CT molecular complexity index is 1020. The summed E-state index contributed by atoms with van der Waals surface area (Å²) in [6, 6.07) is 7.13. The summed E-state index contributed by atoms with van der Waals surface area (Å²) in [5.74, 6) is 0.606. The molecule has 4 rings (SSSR count). The first kappa shape index (κ1) is 16.9. The van der Waals surface area contributed by atoms with Gasteiger partial charge in [-0.1, -0.05) is 29.8 Å².